The van der Waals surface area contributed by atoms with E-state index in [2.05, 4.69) is 27.1 Å². The summed E-state index contributed by atoms with van der Waals surface area (Å²) in [6.07, 6.45) is 6.72. The first kappa shape index (κ1) is 29.0. The number of para-hydroxylation sites is 1. The van der Waals surface area contributed by atoms with Crippen molar-refractivity contribution in [3.63, 3.8) is 0 Å². The standard InChI is InChI=1S/C28H30N4O6S/c1-5-14-37-22-13-12-19(15-23(22)35-6-2)16-29-32-24(33)17-38-21-11-9-8-10-20(21)26-25(27(34)36-7-3)18(4)30-28(39)31-26/h1,8-13,15-16,26H,6-7,14,17H2,2-4H3,(H,32,33)(H2,30,31,39)/t26-/m1/s1. The minimum atomic E-state index is -0.623. The minimum absolute atomic E-state index is 0.118. The predicted octanol–water partition coefficient (Wildman–Crippen LogP) is 2.98. The van der Waals surface area contributed by atoms with Gasteiger partial charge in [0, 0.05) is 11.3 Å². The first-order valence-electron chi connectivity index (χ1n) is 12.2. The molecule has 1 aliphatic rings. The lowest BCUT2D eigenvalue weighted by molar-refractivity contribution is -0.139. The Balaban J connectivity index is 1.67. The highest BCUT2D eigenvalue weighted by Gasteiger charge is 2.32. The number of thiocarbonyl (C=S) groups is 1. The van der Waals surface area contributed by atoms with Gasteiger partial charge in [-0.05, 0) is 62.8 Å². The number of amides is 1. The van der Waals surface area contributed by atoms with Crippen LogP contribution >= 0.6 is 12.2 Å². The average Bonchev–Trinajstić information content (AvgIpc) is 2.91. The Morgan fingerprint density at radius 2 is 1.90 bits per heavy atom. The summed E-state index contributed by atoms with van der Waals surface area (Å²) in [7, 11) is 0. The highest BCUT2D eigenvalue weighted by atomic mass is 32.1. The Kier molecular flexibility index (Phi) is 10.7. The van der Waals surface area contributed by atoms with Crippen LogP contribution in [0.3, 0.4) is 0 Å². The summed E-state index contributed by atoms with van der Waals surface area (Å²) in [5.74, 6) is 2.88. The van der Waals surface area contributed by atoms with Crippen molar-refractivity contribution in [2.75, 3.05) is 26.4 Å². The number of hydrazone groups is 1. The Hall–Kier alpha value is -4.56. The fraction of sp³-hybridized carbons (Fsp3) is 0.286. The topological polar surface area (TPSA) is 120 Å². The molecule has 1 aliphatic heterocycles. The molecule has 0 fully saturated rings. The average molecular weight is 551 g/mol. The van der Waals surface area contributed by atoms with Crippen LogP contribution in [-0.4, -0.2) is 49.6 Å². The number of benzene rings is 2. The lowest BCUT2D eigenvalue weighted by Crippen LogP contribution is -2.45. The van der Waals surface area contributed by atoms with Crippen LogP contribution in [0.1, 0.15) is 37.9 Å². The largest absolute Gasteiger partial charge is 0.490 e. The maximum atomic E-state index is 12.7. The smallest absolute Gasteiger partial charge is 0.338 e. The normalized spacial score (nSPS) is 14.6. The number of hydrogen-bond acceptors (Lipinski definition) is 8. The van der Waals surface area contributed by atoms with Gasteiger partial charge in [0.25, 0.3) is 5.91 Å². The SMILES string of the molecule is C#CCOc1ccc(C=NNC(=O)COc2ccccc2[C@H]2NC(=S)NC(C)=C2C(=O)OCC)cc1OCC. The summed E-state index contributed by atoms with van der Waals surface area (Å²) in [5.41, 5.74) is 4.69. The van der Waals surface area contributed by atoms with E-state index in [4.69, 9.17) is 37.6 Å². The van der Waals surface area contributed by atoms with Gasteiger partial charge in [-0.1, -0.05) is 24.1 Å². The van der Waals surface area contributed by atoms with Crippen molar-refractivity contribution in [3.8, 4) is 29.6 Å². The van der Waals surface area contributed by atoms with Crippen molar-refractivity contribution >= 4 is 35.4 Å². The first-order chi connectivity index (χ1) is 18.9. The van der Waals surface area contributed by atoms with Crippen LogP contribution in [0.15, 0.2) is 58.8 Å². The van der Waals surface area contributed by atoms with Gasteiger partial charge in [0.1, 0.15) is 12.4 Å². The van der Waals surface area contributed by atoms with Gasteiger partial charge < -0.3 is 29.6 Å². The molecular weight excluding hydrogens is 520 g/mol. The molecule has 0 bridgehead atoms. The van der Waals surface area contributed by atoms with Gasteiger partial charge in [-0.3, -0.25) is 4.79 Å². The van der Waals surface area contributed by atoms with Gasteiger partial charge in [-0.15, -0.1) is 6.42 Å². The zero-order chi connectivity index (χ0) is 28.2. The van der Waals surface area contributed by atoms with Gasteiger partial charge in [-0.2, -0.15) is 5.10 Å². The molecule has 10 nitrogen and oxygen atoms in total. The van der Waals surface area contributed by atoms with Crippen LogP contribution in [0.5, 0.6) is 17.2 Å². The predicted molar refractivity (Wildman–Crippen MR) is 151 cm³/mol. The fourth-order valence-corrected chi connectivity index (χ4v) is 3.99. The van der Waals surface area contributed by atoms with Crippen LogP contribution in [0.4, 0.5) is 0 Å². The summed E-state index contributed by atoms with van der Waals surface area (Å²) in [6.45, 7) is 5.81. The number of hydrogen-bond donors (Lipinski definition) is 3. The van der Waals surface area contributed by atoms with E-state index in [0.717, 1.165) is 0 Å². The fourth-order valence-electron chi connectivity index (χ4n) is 3.72. The molecule has 204 valence electrons. The number of terminal acetylenes is 1. The van der Waals surface area contributed by atoms with E-state index in [-0.39, 0.29) is 19.8 Å². The third-order valence-electron chi connectivity index (χ3n) is 5.33. The van der Waals surface area contributed by atoms with Gasteiger partial charge >= 0.3 is 5.97 Å². The van der Waals surface area contributed by atoms with Crippen molar-refractivity contribution < 1.29 is 28.5 Å². The number of ether oxygens (including phenoxy) is 4. The van der Waals surface area contributed by atoms with Crippen molar-refractivity contribution in [1.29, 1.82) is 0 Å². The van der Waals surface area contributed by atoms with Gasteiger partial charge in [0.15, 0.2) is 23.2 Å². The summed E-state index contributed by atoms with van der Waals surface area (Å²) in [5, 5.41) is 10.4. The molecule has 1 heterocycles. The van der Waals surface area contributed by atoms with E-state index < -0.39 is 17.9 Å². The molecule has 0 spiro atoms. The Morgan fingerprint density at radius 3 is 2.64 bits per heavy atom. The van der Waals surface area contributed by atoms with E-state index in [1.54, 1.807) is 56.3 Å². The molecule has 0 saturated heterocycles. The molecule has 3 rings (SSSR count). The molecule has 1 amide bonds. The molecule has 39 heavy (non-hydrogen) atoms. The van der Waals surface area contributed by atoms with Crippen LogP contribution in [0, 0.1) is 12.3 Å². The van der Waals surface area contributed by atoms with Crippen molar-refractivity contribution in [1.82, 2.24) is 16.1 Å². The Morgan fingerprint density at radius 1 is 1.10 bits per heavy atom. The number of allylic oxidation sites excluding steroid dienone is 1. The second kappa shape index (κ2) is 14.4. The van der Waals surface area contributed by atoms with Crippen molar-refractivity contribution in [3.05, 3.63) is 64.9 Å². The zero-order valence-electron chi connectivity index (χ0n) is 21.9. The lowest BCUT2D eigenvalue weighted by Gasteiger charge is -2.30. The van der Waals surface area contributed by atoms with E-state index in [9.17, 15) is 9.59 Å². The molecule has 11 heteroatoms. The molecule has 1 atom stereocenters. The maximum absolute atomic E-state index is 12.7. The van der Waals surface area contributed by atoms with E-state index >= 15 is 0 Å². The molecule has 3 N–H and O–H groups in total. The second-order valence-electron chi connectivity index (χ2n) is 8.04. The van der Waals surface area contributed by atoms with Gasteiger partial charge in [0.05, 0.1) is 31.0 Å². The van der Waals surface area contributed by atoms with Crippen molar-refractivity contribution in [2.45, 2.75) is 26.8 Å². The van der Waals surface area contributed by atoms with Gasteiger partial charge in [0.2, 0.25) is 0 Å². The summed E-state index contributed by atoms with van der Waals surface area (Å²) >= 11 is 5.30. The number of nitrogens with zero attached hydrogens (tertiary/aromatic N) is 1. The molecule has 0 unspecified atom stereocenters. The molecule has 2 aromatic carbocycles. The number of carbonyl (C=O) groups excluding carboxylic acids is 2. The van der Waals surface area contributed by atoms with E-state index in [1.165, 1.54) is 6.21 Å². The van der Waals surface area contributed by atoms with E-state index in [0.29, 0.717) is 51.4 Å². The lowest BCUT2D eigenvalue weighted by atomic mass is 9.95. The number of esters is 1. The molecule has 0 aromatic heterocycles. The number of rotatable bonds is 12. The van der Waals surface area contributed by atoms with Crippen LogP contribution in [0.2, 0.25) is 0 Å². The molecule has 0 radical (unpaired) electrons. The summed E-state index contributed by atoms with van der Waals surface area (Å²) in [4.78, 5) is 25.1. The third-order valence-corrected chi connectivity index (χ3v) is 5.55. The first-order valence-corrected chi connectivity index (χ1v) is 12.6. The molecule has 0 aliphatic carbocycles. The van der Waals surface area contributed by atoms with Crippen LogP contribution in [-0.2, 0) is 14.3 Å². The molecule has 2 aromatic rings. The Bertz CT molecular complexity index is 1320. The summed E-state index contributed by atoms with van der Waals surface area (Å²) in [6, 6.07) is 11.6. The molecular formula is C28H30N4O6S. The highest BCUT2D eigenvalue weighted by Crippen LogP contribution is 2.33. The maximum Gasteiger partial charge on any atom is 0.338 e. The van der Waals surface area contributed by atoms with Crippen LogP contribution in [0.25, 0.3) is 0 Å². The third kappa shape index (κ3) is 7.96. The van der Waals surface area contributed by atoms with E-state index in [1.807, 2.05) is 6.92 Å². The monoisotopic (exact) mass is 550 g/mol. The highest BCUT2D eigenvalue weighted by molar-refractivity contribution is 7.80. The zero-order valence-corrected chi connectivity index (χ0v) is 22.7. The quantitative estimate of drug-likeness (QED) is 0.120. The summed E-state index contributed by atoms with van der Waals surface area (Å²) < 4.78 is 22.1. The molecule has 0 saturated carbocycles. The van der Waals surface area contributed by atoms with Gasteiger partial charge in [-0.25, -0.2) is 10.2 Å². The van der Waals surface area contributed by atoms with Crippen LogP contribution < -0.4 is 30.3 Å². The Labute approximate surface area is 232 Å². The second-order valence-corrected chi connectivity index (χ2v) is 8.45. The minimum Gasteiger partial charge on any atom is -0.490 e. The van der Waals surface area contributed by atoms with Crippen molar-refractivity contribution in [2.24, 2.45) is 5.10 Å². The number of nitrogens with one attached hydrogen (secondary N) is 3. The number of carbonyl (C=O) groups is 2.